The summed E-state index contributed by atoms with van der Waals surface area (Å²) in [6.07, 6.45) is 52.1. The van der Waals surface area contributed by atoms with Crippen molar-refractivity contribution in [3.8, 4) is 0 Å². The Morgan fingerprint density at radius 1 is 0.569 bits per heavy atom. The fourth-order valence-corrected chi connectivity index (χ4v) is 7.40. The number of hydrogen-bond donors (Lipinski definition) is 3. The molecule has 3 atom stereocenters. The minimum absolute atomic E-state index is 0.0528. The van der Waals surface area contributed by atoms with E-state index in [4.69, 9.17) is 9.05 Å². The molecule has 3 N–H and O–H groups in total. The van der Waals surface area contributed by atoms with Crippen LogP contribution in [0.3, 0.4) is 0 Å². The van der Waals surface area contributed by atoms with Crippen LogP contribution in [0, 0.1) is 0 Å². The van der Waals surface area contributed by atoms with Gasteiger partial charge in [-0.05, 0) is 64.2 Å². The number of phosphoric acid groups is 1. The van der Waals surface area contributed by atoms with E-state index in [1.54, 1.807) is 6.08 Å². The van der Waals surface area contributed by atoms with E-state index < -0.39 is 20.0 Å². The van der Waals surface area contributed by atoms with Gasteiger partial charge in [0.25, 0.3) is 0 Å². The maximum absolute atomic E-state index is 12.9. The Morgan fingerprint density at radius 2 is 0.983 bits per heavy atom. The average Bonchev–Trinajstić information content (AvgIpc) is 3.17. The largest absolute Gasteiger partial charge is 0.472 e. The van der Waals surface area contributed by atoms with Gasteiger partial charge in [-0.25, -0.2) is 4.57 Å². The Balaban J connectivity index is 4.20. The summed E-state index contributed by atoms with van der Waals surface area (Å²) in [6.45, 7) is 4.71. The molecule has 0 aliphatic rings. The lowest BCUT2D eigenvalue weighted by atomic mass is 10.0. The zero-order valence-electron chi connectivity index (χ0n) is 38.5. The summed E-state index contributed by atoms with van der Waals surface area (Å²) < 4.78 is 23.5. The third kappa shape index (κ3) is 42.6. The van der Waals surface area contributed by atoms with E-state index in [1.807, 2.05) is 27.2 Å². The minimum Gasteiger partial charge on any atom is -0.387 e. The Bertz CT molecular complexity index is 1090. The van der Waals surface area contributed by atoms with Crippen LogP contribution in [0.5, 0.6) is 0 Å². The highest BCUT2D eigenvalue weighted by Crippen LogP contribution is 2.43. The quantitative estimate of drug-likeness (QED) is 0.0244. The van der Waals surface area contributed by atoms with Crippen molar-refractivity contribution in [3.63, 3.8) is 0 Å². The Kier molecular flexibility index (Phi) is 39.8. The lowest BCUT2D eigenvalue weighted by Gasteiger charge is -2.25. The second-order valence-electron chi connectivity index (χ2n) is 17.5. The maximum atomic E-state index is 12.9. The summed E-state index contributed by atoms with van der Waals surface area (Å²) in [5.74, 6) is -0.193. The number of carbonyl (C=O) groups is 1. The highest BCUT2D eigenvalue weighted by Gasteiger charge is 2.27. The summed E-state index contributed by atoms with van der Waals surface area (Å²) in [6, 6.07) is -0.868. The molecule has 0 heterocycles. The zero-order chi connectivity index (χ0) is 42.8. The van der Waals surface area contributed by atoms with Gasteiger partial charge in [0, 0.05) is 6.42 Å². The number of quaternary nitrogens is 1. The molecule has 0 bridgehead atoms. The molecule has 0 aromatic heterocycles. The monoisotopic (exact) mass is 838 g/mol. The summed E-state index contributed by atoms with van der Waals surface area (Å²) in [7, 11) is 1.54. The molecule has 0 saturated heterocycles. The number of rotatable bonds is 43. The van der Waals surface area contributed by atoms with Crippen LogP contribution in [0.1, 0.15) is 206 Å². The number of aliphatic hydroxyl groups is 1. The van der Waals surface area contributed by atoms with Gasteiger partial charge in [0.2, 0.25) is 5.91 Å². The number of unbranched alkanes of at least 4 members (excludes halogenated alkanes) is 24. The smallest absolute Gasteiger partial charge is 0.387 e. The van der Waals surface area contributed by atoms with Crippen molar-refractivity contribution >= 4 is 13.7 Å². The van der Waals surface area contributed by atoms with E-state index in [1.165, 1.54) is 135 Å². The molecule has 0 spiro atoms. The summed E-state index contributed by atoms with van der Waals surface area (Å²) in [5.41, 5.74) is 0. The molecule has 0 rings (SSSR count). The van der Waals surface area contributed by atoms with Crippen LogP contribution in [0.2, 0.25) is 0 Å². The van der Waals surface area contributed by atoms with Gasteiger partial charge in [0.1, 0.15) is 13.2 Å². The highest BCUT2D eigenvalue weighted by molar-refractivity contribution is 7.47. The first-order chi connectivity index (χ1) is 28.0. The number of hydrogen-bond acceptors (Lipinski definition) is 5. The molecule has 0 saturated carbocycles. The van der Waals surface area contributed by atoms with Crippen molar-refractivity contribution in [2.75, 3.05) is 40.9 Å². The molecule has 3 unspecified atom stereocenters. The number of nitrogens with zero attached hydrogens (tertiary/aromatic N) is 1. The number of aliphatic hydroxyl groups excluding tert-OH is 1. The molecule has 340 valence electrons. The summed E-state index contributed by atoms with van der Waals surface area (Å²) >= 11 is 0. The van der Waals surface area contributed by atoms with E-state index >= 15 is 0 Å². The van der Waals surface area contributed by atoms with Crippen molar-refractivity contribution in [2.24, 2.45) is 0 Å². The number of nitrogens with one attached hydrogen (secondary N) is 1. The van der Waals surface area contributed by atoms with Crippen LogP contribution < -0.4 is 5.32 Å². The van der Waals surface area contributed by atoms with E-state index in [9.17, 15) is 19.4 Å². The third-order valence-corrected chi connectivity index (χ3v) is 11.5. The predicted octanol–water partition coefficient (Wildman–Crippen LogP) is 13.6. The Hall–Kier alpha value is -1.54. The normalized spacial score (nSPS) is 14.7. The molecule has 0 fully saturated rings. The van der Waals surface area contributed by atoms with Crippen molar-refractivity contribution in [2.45, 2.75) is 219 Å². The van der Waals surface area contributed by atoms with Crippen LogP contribution >= 0.6 is 7.82 Å². The molecule has 1 amide bonds. The molecular weight excluding hydrogens is 744 g/mol. The van der Waals surface area contributed by atoms with Crippen molar-refractivity contribution in [1.82, 2.24) is 5.32 Å². The van der Waals surface area contributed by atoms with E-state index in [-0.39, 0.29) is 19.1 Å². The number of allylic oxidation sites excluding steroid dienone is 7. The second kappa shape index (κ2) is 40.8. The van der Waals surface area contributed by atoms with Crippen molar-refractivity contribution in [1.29, 1.82) is 0 Å². The molecule has 58 heavy (non-hydrogen) atoms. The SMILES string of the molecule is CCC/C=C/CC/C=C/CC/C=C/C(O)C(COP(=O)(O)OCC[N+](C)(C)C)NC(=O)CCCCCCCCCCCCCCC/C=C\CCCCCCCCCC. The number of amides is 1. The average molecular weight is 838 g/mol. The fourth-order valence-electron chi connectivity index (χ4n) is 6.66. The standard InChI is InChI=1S/C49H93N2O6P/c1-6-8-10-12-14-16-18-19-20-21-22-23-24-25-26-27-28-29-30-31-33-35-37-39-41-43-49(53)50-47(46-57-58(54,55)56-45-44-51(3,4)5)48(52)42-40-38-36-34-32-17-15-13-11-9-7-2/h11,13,21-22,32,34,40,42,47-48,52H,6-10,12,14-20,23-31,33,35-39,41,43-46H2,1-5H3,(H-,50,53,54,55)/p+1/b13-11+,22-21-,34-32+,42-40+. The predicted molar refractivity (Wildman–Crippen MR) is 249 cm³/mol. The van der Waals surface area contributed by atoms with Gasteiger partial charge in [-0.2, -0.15) is 0 Å². The lowest BCUT2D eigenvalue weighted by Crippen LogP contribution is -2.45. The molecular formula is C49H94N2O6P+. The minimum atomic E-state index is -4.35. The van der Waals surface area contributed by atoms with Gasteiger partial charge < -0.3 is 19.8 Å². The summed E-state index contributed by atoms with van der Waals surface area (Å²) in [4.78, 5) is 23.1. The molecule has 0 aromatic carbocycles. The Morgan fingerprint density at radius 3 is 1.45 bits per heavy atom. The first kappa shape index (κ1) is 56.5. The molecule has 0 aliphatic carbocycles. The van der Waals surface area contributed by atoms with E-state index in [0.29, 0.717) is 17.4 Å². The first-order valence-electron chi connectivity index (χ1n) is 24.0. The second-order valence-corrected chi connectivity index (χ2v) is 18.9. The van der Waals surface area contributed by atoms with Crippen LogP contribution in [0.15, 0.2) is 48.6 Å². The third-order valence-electron chi connectivity index (χ3n) is 10.5. The highest BCUT2D eigenvalue weighted by atomic mass is 31.2. The molecule has 8 nitrogen and oxygen atoms in total. The molecule has 0 aromatic rings. The van der Waals surface area contributed by atoms with Crippen LogP contribution in [0.25, 0.3) is 0 Å². The topological polar surface area (TPSA) is 105 Å². The molecule has 9 heteroatoms. The molecule has 0 radical (unpaired) electrons. The number of phosphoric ester groups is 1. The maximum Gasteiger partial charge on any atom is 0.472 e. The van der Waals surface area contributed by atoms with Crippen LogP contribution in [0.4, 0.5) is 0 Å². The van der Waals surface area contributed by atoms with Gasteiger partial charge in [-0.15, -0.1) is 0 Å². The first-order valence-corrected chi connectivity index (χ1v) is 25.5. The van der Waals surface area contributed by atoms with Gasteiger partial charge in [-0.1, -0.05) is 184 Å². The van der Waals surface area contributed by atoms with Gasteiger partial charge in [0.05, 0.1) is 39.9 Å². The van der Waals surface area contributed by atoms with E-state index in [0.717, 1.165) is 51.4 Å². The van der Waals surface area contributed by atoms with Gasteiger partial charge in [-0.3, -0.25) is 13.8 Å². The number of likely N-dealkylation sites (N-methyl/N-ethyl adjacent to an activating group) is 1. The van der Waals surface area contributed by atoms with Crippen LogP contribution in [-0.2, 0) is 18.4 Å². The van der Waals surface area contributed by atoms with E-state index in [2.05, 4.69) is 55.6 Å². The molecule has 0 aliphatic heterocycles. The zero-order valence-corrected chi connectivity index (χ0v) is 39.4. The van der Waals surface area contributed by atoms with Gasteiger partial charge in [0.15, 0.2) is 0 Å². The fraction of sp³-hybridized carbons (Fsp3) is 0.816. The lowest BCUT2D eigenvalue weighted by molar-refractivity contribution is -0.870. The number of carbonyl (C=O) groups excluding carboxylic acids is 1. The van der Waals surface area contributed by atoms with Gasteiger partial charge >= 0.3 is 7.82 Å². The van der Waals surface area contributed by atoms with Crippen molar-refractivity contribution < 1.29 is 32.9 Å². The summed E-state index contributed by atoms with van der Waals surface area (Å²) in [5, 5.41) is 13.8. The van der Waals surface area contributed by atoms with Crippen LogP contribution in [-0.4, -0.2) is 73.4 Å². The Labute approximate surface area is 359 Å². The van der Waals surface area contributed by atoms with Crippen molar-refractivity contribution in [3.05, 3.63) is 48.6 Å².